The van der Waals surface area contributed by atoms with E-state index in [1.54, 1.807) is 0 Å². The fraction of sp³-hybridized carbons (Fsp3) is 1.00. The average Bonchev–Trinajstić information content (AvgIpc) is 2.47. The fourth-order valence-electron chi connectivity index (χ4n) is 4.79. The van der Waals surface area contributed by atoms with Crippen LogP contribution in [0.3, 0.4) is 0 Å². The van der Waals surface area contributed by atoms with Crippen molar-refractivity contribution in [1.29, 1.82) is 0 Å². The molecule has 3 aliphatic rings. The van der Waals surface area contributed by atoms with E-state index in [9.17, 15) is 0 Å². The molecule has 2 bridgehead atoms. The molecule has 3 fully saturated rings. The smallest absolute Gasteiger partial charge is 0.0195 e. The maximum atomic E-state index is 3.53. The second kappa shape index (κ2) is 6.76. The highest BCUT2D eigenvalue weighted by molar-refractivity contribution is 4.95. The van der Waals surface area contributed by atoms with Gasteiger partial charge >= 0.3 is 0 Å². The molecular weight excluding hydrogens is 246 g/mol. The molecule has 3 heterocycles. The Balaban J connectivity index is 1.58. The molecule has 0 spiro atoms. The van der Waals surface area contributed by atoms with Crippen LogP contribution in [0.1, 0.15) is 58.3 Å². The lowest BCUT2D eigenvalue weighted by atomic mass is 9.81. The van der Waals surface area contributed by atoms with Gasteiger partial charge in [-0.15, -0.1) is 0 Å². The van der Waals surface area contributed by atoms with Crippen molar-refractivity contribution in [3.8, 4) is 0 Å². The molecule has 3 atom stereocenters. The second-order valence-corrected chi connectivity index (χ2v) is 7.34. The van der Waals surface area contributed by atoms with Crippen LogP contribution in [0.5, 0.6) is 0 Å². The first-order valence-electron chi connectivity index (χ1n) is 8.95. The number of hydrogen-bond acceptors (Lipinski definition) is 3. The van der Waals surface area contributed by atoms with Crippen molar-refractivity contribution in [2.45, 2.75) is 82.5 Å². The molecule has 0 aromatic carbocycles. The molecule has 116 valence electrons. The Morgan fingerprint density at radius 2 is 1.65 bits per heavy atom. The maximum Gasteiger partial charge on any atom is 0.0195 e. The van der Waals surface area contributed by atoms with E-state index in [1.807, 2.05) is 0 Å². The maximum absolute atomic E-state index is 3.53. The highest BCUT2D eigenvalue weighted by Crippen LogP contribution is 2.34. The van der Waals surface area contributed by atoms with Gasteiger partial charge in [0.05, 0.1) is 0 Å². The second-order valence-electron chi connectivity index (χ2n) is 7.34. The van der Waals surface area contributed by atoms with Crippen LogP contribution >= 0.6 is 0 Å². The average molecular weight is 279 g/mol. The molecule has 3 heteroatoms. The third kappa shape index (κ3) is 3.20. The number of hydrogen-bond donors (Lipinski definition) is 1. The Kier molecular flexibility index (Phi) is 5.00. The molecule has 0 aromatic rings. The summed E-state index contributed by atoms with van der Waals surface area (Å²) in [5, 5.41) is 3.53. The summed E-state index contributed by atoms with van der Waals surface area (Å²) in [4.78, 5) is 5.62. The van der Waals surface area contributed by atoms with E-state index in [0.717, 1.165) is 24.2 Å². The van der Waals surface area contributed by atoms with Gasteiger partial charge in [-0.3, -0.25) is 9.80 Å². The molecule has 3 nitrogen and oxygen atoms in total. The van der Waals surface area contributed by atoms with Crippen LogP contribution in [-0.2, 0) is 0 Å². The SMILES string of the molecule is CNC1CC2CCCC(C1)N2CC(C)N1CCCCC1. The van der Waals surface area contributed by atoms with E-state index in [2.05, 4.69) is 29.1 Å². The van der Waals surface area contributed by atoms with Gasteiger partial charge in [0, 0.05) is 30.7 Å². The number of fused-ring (bicyclic) bond motifs is 2. The van der Waals surface area contributed by atoms with Gasteiger partial charge in [0.15, 0.2) is 0 Å². The van der Waals surface area contributed by atoms with Crippen molar-refractivity contribution in [2.75, 3.05) is 26.7 Å². The summed E-state index contributed by atoms with van der Waals surface area (Å²) in [6, 6.07) is 3.23. The molecule has 0 radical (unpaired) electrons. The molecule has 20 heavy (non-hydrogen) atoms. The zero-order valence-electron chi connectivity index (χ0n) is 13.5. The lowest BCUT2D eigenvalue weighted by molar-refractivity contribution is 0.00235. The van der Waals surface area contributed by atoms with E-state index in [0.29, 0.717) is 0 Å². The lowest BCUT2D eigenvalue weighted by Gasteiger charge is -2.50. The van der Waals surface area contributed by atoms with Gasteiger partial charge in [-0.05, 0) is 65.6 Å². The van der Waals surface area contributed by atoms with Gasteiger partial charge in [-0.2, -0.15) is 0 Å². The van der Waals surface area contributed by atoms with Crippen LogP contribution in [0, 0.1) is 0 Å². The molecular formula is C17H33N3. The summed E-state index contributed by atoms with van der Waals surface area (Å²) in [6.07, 6.45) is 11.3. The summed E-state index contributed by atoms with van der Waals surface area (Å²) >= 11 is 0. The molecule has 3 rings (SSSR count). The third-order valence-corrected chi connectivity index (χ3v) is 6.02. The van der Waals surface area contributed by atoms with Gasteiger partial charge in [0.2, 0.25) is 0 Å². The zero-order chi connectivity index (χ0) is 13.9. The van der Waals surface area contributed by atoms with Crippen molar-refractivity contribution >= 4 is 0 Å². The normalized spacial score (nSPS) is 37.8. The Labute approximate surface area is 125 Å². The first kappa shape index (κ1) is 14.8. The molecule has 3 saturated heterocycles. The largest absolute Gasteiger partial charge is 0.317 e. The third-order valence-electron chi connectivity index (χ3n) is 6.02. The Morgan fingerprint density at radius 1 is 1.00 bits per heavy atom. The van der Waals surface area contributed by atoms with Crippen molar-refractivity contribution in [3.63, 3.8) is 0 Å². The summed E-state index contributed by atoms with van der Waals surface area (Å²) < 4.78 is 0. The molecule has 0 aliphatic carbocycles. The fourth-order valence-corrected chi connectivity index (χ4v) is 4.79. The topological polar surface area (TPSA) is 18.5 Å². The van der Waals surface area contributed by atoms with Crippen molar-refractivity contribution in [2.24, 2.45) is 0 Å². The van der Waals surface area contributed by atoms with E-state index < -0.39 is 0 Å². The highest BCUT2D eigenvalue weighted by Gasteiger charge is 2.38. The zero-order valence-corrected chi connectivity index (χ0v) is 13.5. The predicted octanol–water partition coefficient (Wildman–Crippen LogP) is 2.47. The van der Waals surface area contributed by atoms with E-state index in [1.165, 1.54) is 71.0 Å². The Hall–Kier alpha value is -0.120. The van der Waals surface area contributed by atoms with Crippen LogP contribution in [0.15, 0.2) is 0 Å². The van der Waals surface area contributed by atoms with Crippen molar-refractivity contribution in [3.05, 3.63) is 0 Å². The van der Waals surface area contributed by atoms with Crippen LogP contribution in [0.2, 0.25) is 0 Å². The minimum atomic E-state index is 0.754. The minimum absolute atomic E-state index is 0.754. The molecule has 0 aromatic heterocycles. The number of nitrogens with zero attached hydrogens (tertiary/aromatic N) is 2. The van der Waals surface area contributed by atoms with E-state index in [4.69, 9.17) is 0 Å². The van der Waals surface area contributed by atoms with Gasteiger partial charge < -0.3 is 5.32 Å². The highest BCUT2D eigenvalue weighted by atomic mass is 15.3. The molecule has 3 aliphatic heterocycles. The predicted molar refractivity (Wildman–Crippen MR) is 85.1 cm³/mol. The van der Waals surface area contributed by atoms with E-state index >= 15 is 0 Å². The first-order valence-corrected chi connectivity index (χ1v) is 8.95. The van der Waals surface area contributed by atoms with Gasteiger partial charge in [-0.1, -0.05) is 12.8 Å². The summed E-state index contributed by atoms with van der Waals surface area (Å²) in [6.45, 7) is 6.45. The minimum Gasteiger partial charge on any atom is -0.317 e. The van der Waals surface area contributed by atoms with Gasteiger partial charge in [-0.25, -0.2) is 0 Å². The van der Waals surface area contributed by atoms with Gasteiger partial charge in [0.25, 0.3) is 0 Å². The number of likely N-dealkylation sites (tertiary alicyclic amines) is 1. The van der Waals surface area contributed by atoms with Crippen LogP contribution in [0.25, 0.3) is 0 Å². The summed E-state index contributed by atoms with van der Waals surface area (Å²) in [7, 11) is 2.15. The van der Waals surface area contributed by atoms with Crippen LogP contribution in [0.4, 0.5) is 0 Å². The number of nitrogens with one attached hydrogen (secondary N) is 1. The molecule has 0 saturated carbocycles. The van der Waals surface area contributed by atoms with Crippen molar-refractivity contribution in [1.82, 2.24) is 15.1 Å². The van der Waals surface area contributed by atoms with Crippen molar-refractivity contribution < 1.29 is 0 Å². The monoisotopic (exact) mass is 279 g/mol. The lowest BCUT2D eigenvalue weighted by Crippen LogP contribution is -2.59. The quantitative estimate of drug-likeness (QED) is 0.853. The van der Waals surface area contributed by atoms with Crippen LogP contribution in [-0.4, -0.2) is 60.6 Å². The standard InChI is InChI=1S/C17H33N3/c1-14(19-9-4-3-5-10-19)13-20-16-7-6-8-17(20)12-15(11-16)18-2/h14-18H,3-13H2,1-2H3. The Morgan fingerprint density at radius 3 is 2.25 bits per heavy atom. The summed E-state index contributed by atoms with van der Waals surface area (Å²) in [5.41, 5.74) is 0. The summed E-state index contributed by atoms with van der Waals surface area (Å²) in [5.74, 6) is 0. The Bertz CT molecular complexity index is 287. The molecule has 3 unspecified atom stereocenters. The van der Waals surface area contributed by atoms with Crippen LogP contribution < -0.4 is 5.32 Å². The molecule has 1 N–H and O–H groups in total. The number of piperidine rings is 3. The van der Waals surface area contributed by atoms with E-state index in [-0.39, 0.29) is 0 Å². The molecule has 0 amide bonds. The first-order chi connectivity index (χ1) is 9.78. The van der Waals surface area contributed by atoms with Gasteiger partial charge in [0.1, 0.15) is 0 Å². The number of rotatable bonds is 4.